The Morgan fingerprint density at radius 1 is 0.875 bits per heavy atom. The number of methoxy groups -OCH3 is 1. The molecule has 32 heavy (non-hydrogen) atoms. The molecular formula is C26H33N3O3. The molecule has 2 amide bonds. The third-order valence-corrected chi connectivity index (χ3v) is 6.87. The van der Waals surface area contributed by atoms with Crippen molar-refractivity contribution in [2.75, 3.05) is 33.3 Å². The molecule has 2 aliphatic heterocycles. The normalized spacial score (nSPS) is 18.0. The highest BCUT2D eigenvalue weighted by Gasteiger charge is 2.31. The van der Waals surface area contributed by atoms with Gasteiger partial charge >= 0.3 is 0 Å². The van der Waals surface area contributed by atoms with Crippen LogP contribution >= 0.6 is 0 Å². The molecule has 0 bridgehead atoms. The van der Waals surface area contributed by atoms with Gasteiger partial charge in [0.1, 0.15) is 5.75 Å². The first-order valence-corrected chi connectivity index (χ1v) is 11.7. The average Bonchev–Trinajstić information content (AvgIpc) is 2.83. The number of para-hydroxylation sites is 1. The number of piperidine rings is 2. The van der Waals surface area contributed by atoms with Crippen molar-refractivity contribution in [3.05, 3.63) is 58.9 Å². The first-order chi connectivity index (χ1) is 15.5. The van der Waals surface area contributed by atoms with Crippen molar-refractivity contribution in [3.8, 4) is 5.75 Å². The fourth-order valence-electron chi connectivity index (χ4n) is 4.80. The standard InChI is InChI=1S/C26H33N3O3/c1-18-10-14-28(15-11-18)26(31)22-9-8-19(2)27-24(22)20-12-16-29(17-13-20)25(30)21-6-4-5-7-23(21)32-3/h4-9,18,20H,10-17H2,1-3H3. The van der Waals surface area contributed by atoms with Crippen molar-refractivity contribution in [1.29, 1.82) is 0 Å². The van der Waals surface area contributed by atoms with Gasteiger partial charge in [-0.2, -0.15) is 0 Å². The van der Waals surface area contributed by atoms with Crippen molar-refractivity contribution in [2.24, 2.45) is 5.92 Å². The quantitative estimate of drug-likeness (QED) is 0.719. The third-order valence-electron chi connectivity index (χ3n) is 6.87. The summed E-state index contributed by atoms with van der Waals surface area (Å²) in [4.78, 5) is 35.1. The Kier molecular flexibility index (Phi) is 6.77. The number of aryl methyl sites for hydroxylation is 1. The monoisotopic (exact) mass is 435 g/mol. The molecule has 3 heterocycles. The first kappa shape index (κ1) is 22.3. The van der Waals surface area contributed by atoms with Crippen LogP contribution in [-0.2, 0) is 0 Å². The Hall–Kier alpha value is -2.89. The second kappa shape index (κ2) is 9.72. The Balaban J connectivity index is 1.48. The van der Waals surface area contributed by atoms with Gasteiger partial charge in [-0.05, 0) is 62.8 Å². The highest BCUT2D eigenvalue weighted by molar-refractivity contribution is 5.97. The molecule has 1 aromatic heterocycles. The number of rotatable bonds is 4. The van der Waals surface area contributed by atoms with Gasteiger partial charge in [-0.1, -0.05) is 19.1 Å². The molecule has 0 unspecified atom stereocenters. The van der Waals surface area contributed by atoms with E-state index in [1.807, 2.05) is 53.1 Å². The lowest BCUT2D eigenvalue weighted by atomic mass is 9.89. The van der Waals surface area contributed by atoms with Crippen molar-refractivity contribution in [2.45, 2.75) is 45.4 Å². The minimum absolute atomic E-state index is 0.00293. The minimum Gasteiger partial charge on any atom is -0.496 e. The van der Waals surface area contributed by atoms with E-state index in [4.69, 9.17) is 9.72 Å². The molecule has 0 radical (unpaired) electrons. The molecule has 2 aromatic rings. The second-order valence-electron chi connectivity index (χ2n) is 9.13. The maximum Gasteiger partial charge on any atom is 0.257 e. The van der Waals surface area contributed by atoms with Crippen LogP contribution in [0.1, 0.15) is 70.6 Å². The van der Waals surface area contributed by atoms with Gasteiger partial charge in [-0.25, -0.2) is 0 Å². The Morgan fingerprint density at radius 2 is 1.47 bits per heavy atom. The van der Waals surface area contributed by atoms with Crippen LogP contribution in [0, 0.1) is 12.8 Å². The van der Waals surface area contributed by atoms with E-state index >= 15 is 0 Å². The van der Waals surface area contributed by atoms with Crippen LogP contribution in [0.5, 0.6) is 5.75 Å². The summed E-state index contributed by atoms with van der Waals surface area (Å²) in [5.74, 6) is 1.56. The fraction of sp³-hybridized carbons (Fsp3) is 0.500. The summed E-state index contributed by atoms with van der Waals surface area (Å²) in [6.45, 7) is 7.15. The van der Waals surface area contributed by atoms with Gasteiger partial charge in [-0.15, -0.1) is 0 Å². The SMILES string of the molecule is COc1ccccc1C(=O)N1CCC(c2nc(C)ccc2C(=O)N2CCC(C)CC2)CC1. The van der Waals surface area contributed by atoms with Crippen LogP contribution < -0.4 is 4.74 Å². The van der Waals surface area contributed by atoms with E-state index in [0.717, 1.165) is 55.7 Å². The van der Waals surface area contributed by atoms with Gasteiger partial charge in [0.05, 0.1) is 23.9 Å². The van der Waals surface area contributed by atoms with Gasteiger partial charge in [0.25, 0.3) is 11.8 Å². The zero-order valence-electron chi connectivity index (χ0n) is 19.3. The predicted octanol–water partition coefficient (Wildman–Crippen LogP) is 4.29. The van der Waals surface area contributed by atoms with E-state index in [9.17, 15) is 9.59 Å². The fourth-order valence-corrected chi connectivity index (χ4v) is 4.80. The van der Waals surface area contributed by atoms with Gasteiger partial charge < -0.3 is 14.5 Å². The summed E-state index contributed by atoms with van der Waals surface area (Å²) in [6.07, 6.45) is 3.72. The largest absolute Gasteiger partial charge is 0.496 e. The second-order valence-corrected chi connectivity index (χ2v) is 9.13. The van der Waals surface area contributed by atoms with E-state index in [-0.39, 0.29) is 17.7 Å². The molecule has 6 nitrogen and oxygen atoms in total. The Bertz CT molecular complexity index is 974. The number of likely N-dealkylation sites (tertiary alicyclic amines) is 2. The Morgan fingerprint density at radius 3 is 2.12 bits per heavy atom. The molecule has 0 atom stereocenters. The van der Waals surface area contributed by atoms with E-state index in [2.05, 4.69) is 6.92 Å². The van der Waals surface area contributed by atoms with Crippen molar-refractivity contribution >= 4 is 11.8 Å². The van der Waals surface area contributed by atoms with Crippen LogP contribution in [0.15, 0.2) is 36.4 Å². The molecule has 0 saturated carbocycles. The lowest BCUT2D eigenvalue weighted by Crippen LogP contribution is -2.40. The summed E-state index contributed by atoms with van der Waals surface area (Å²) in [5, 5.41) is 0. The van der Waals surface area contributed by atoms with Crippen LogP contribution in [0.25, 0.3) is 0 Å². The minimum atomic E-state index is -0.00293. The lowest BCUT2D eigenvalue weighted by molar-refractivity contribution is 0.0679. The summed E-state index contributed by atoms with van der Waals surface area (Å²) in [6, 6.07) is 11.2. The average molecular weight is 436 g/mol. The van der Waals surface area contributed by atoms with Crippen molar-refractivity contribution in [1.82, 2.24) is 14.8 Å². The maximum atomic E-state index is 13.3. The molecule has 0 spiro atoms. The lowest BCUT2D eigenvalue weighted by Gasteiger charge is -2.34. The summed E-state index contributed by atoms with van der Waals surface area (Å²) in [5.41, 5.74) is 3.16. The molecule has 0 aliphatic carbocycles. The number of benzene rings is 1. The Labute approximate surface area is 190 Å². The molecular weight excluding hydrogens is 402 g/mol. The smallest absolute Gasteiger partial charge is 0.257 e. The number of aromatic nitrogens is 1. The van der Waals surface area contributed by atoms with E-state index in [1.54, 1.807) is 7.11 Å². The number of pyridine rings is 1. The van der Waals surface area contributed by atoms with Gasteiger partial charge in [0.2, 0.25) is 0 Å². The zero-order chi connectivity index (χ0) is 22.7. The number of carbonyl (C=O) groups is 2. The summed E-state index contributed by atoms with van der Waals surface area (Å²) in [7, 11) is 1.59. The molecule has 2 aliphatic rings. The molecule has 0 N–H and O–H groups in total. The molecule has 1 aromatic carbocycles. The number of nitrogens with zero attached hydrogens (tertiary/aromatic N) is 3. The van der Waals surface area contributed by atoms with Crippen LogP contribution in [0.3, 0.4) is 0 Å². The number of ether oxygens (including phenoxy) is 1. The molecule has 4 rings (SSSR count). The maximum absolute atomic E-state index is 13.3. The number of amides is 2. The van der Waals surface area contributed by atoms with Crippen LogP contribution in [0.4, 0.5) is 0 Å². The summed E-state index contributed by atoms with van der Waals surface area (Å²) >= 11 is 0. The van der Waals surface area contributed by atoms with Crippen LogP contribution in [0.2, 0.25) is 0 Å². The van der Waals surface area contributed by atoms with Crippen molar-refractivity contribution < 1.29 is 14.3 Å². The number of hydrogen-bond acceptors (Lipinski definition) is 4. The van der Waals surface area contributed by atoms with Crippen LogP contribution in [-0.4, -0.2) is 59.9 Å². The first-order valence-electron chi connectivity index (χ1n) is 11.7. The number of hydrogen-bond donors (Lipinski definition) is 0. The van der Waals surface area contributed by atoms with Gasteiger partial charge in [-0.3, -0.25) is 14.6 Å². The van der Waals surface area contributed by atoms with E-state index < -0.39 is 0 Å². The van der Waals surface area contributed by atoms with Gasteiger partial charge in [0, 0.05) is 37.8 Å². The topological polar surface area (TPSA) is 62.7 Å². The van der Waals surface area contributed by atoms with E-state index in [0.29, 0.717) is 30.3 Å². The van der Waals surface area contributed by atoms with Gasteiger partial charge in [0.15, 0.2) is 0 Å². The highest BCUT2D eigenvalue weighted by atomic mass is 16.5. The summed E-state index contributed by atoms with van der Waals surface area (Å²) < 4.78 is 5.37. The molecule has 170 valence electrons. The molecule has 2 fully saturated rings. The molecule has 2 saturated heterocycles. The number of carbonyl (C=O) groups excluding carboxylic acids is 2. The highest BCUT2D eigenvalue weighted by Crippen LogP contribution is 2.32. The predicted molar refractivity (Wildman–Crippen MR) is 124 cm³/mol. The molecule has 6 heteroatoms. The van der Waals surface area contributed by atoms with Crippen molar-refractivity contribution in [3.63, 3.8) is 0 Å². The zero-order valence-corrected chi connectivity index (χ0v) is 19.3. The van der Waals surface area contributed by atoms with E-state index in [1.165, 1.54) is 0 Å². The third kappa shape index (κ3) is 4.64.